The van der Waals surface area contributed by atoms with Crippen LogP contribution in [-0.4, -0.2) is 0 Å². The molecule has 1 heterocycles. The molecule has 0 aromatic carbocycles. The molecular weight excluding hydrogens is 150 g/mol. The fourth-order valence-electron chi connectivity index (χ4n) is 1.96. The van der Waals surface area contributed by atoms with Gasteiger partial charge in [0, 0.05) is 0 Å². The third-order valence-electron chi connectivity index (χ3n) is 2.84. The Labute approximate surface area is 72.7 Å². The molecule has 2 unspecified atom stereocenters. The summed E-state index contributed by atoms with van der Waals surface area (Å²) >= 11 is 0. The molecule has 0 bridgehead atoms. The van der Waals surface area contributed by atoms with E-state index >= 15 is 0 Å². The van der Waals surface area contributed by atoms with E-state index in [0.717, 1.165) is 12.2 Å². The summed E-state index contributed by atoms with van der Waals surface area (Å²) in [5.41, 5.74) is 6.01. The average molecular weight is 165 g/mol. The Morgan fingerprint density at radius 3 is 2.83 bits per heavy atom. The smallest absolute Gasteiger partial charge is 0.123 e. The summed E-state index contributed by atoms with van der Waals surface area (Å²) < 4.78 is 5.32. The highest BCUT2D eigenvalue weighted by molar-refractivity contribution is 5.23. The molecule has 0 radical (unpaired) electrons. The summed E-state index contributed by atoms with van der Waals surface area (Å²) in [5.74, 6) is 2.20. The van der Waals surface area contributed by atoms with Crippen molar-refractivity contribution < 1.29 is 4.42 Å². The van der Waals surface area contributed by atoms with Gasteiger partial charge in [0.05, 0.1) is 11.8 Å². The highest BCUT2D eigenvalue weighted by Gasteiger charge is 2.55. The predicted molar refractivity (Wildman–Crippen MR) is 47.5 cm³/mol. The Bertz CT molecular complexity index is 265. The van der Waals surface area contributed by atoms with Crippen LogP contribution >= 0.6 is 0 Å². The summed E-state index contributed by atoms with van der Waals surface area (Å²) in [5, 5.41) is 0. The molecule has 66 valence electrons. The molecule has 0 spiro atoms. The summed E-state index contributed by atoms with van der Waals surface area (Å²) in [6.07, 6.45) is 2.76. The molecule has 2 atom stereocenters. The second-order valence-corrected chi connectivity index (χ2v) is 4.07. The van der Waals surface area contributed by atoms with E-state index in [1.807, 2.05) is 12.1 Å². The van der Waals surface area contributed by atoms with Gasteiger partial charge in [0.2, 0.25) is 0 Å². The molecule has 1 aromatic rings. The van der Waals surface area contributed by atoms with Crippen LogP contribution in [0.3, 0.4) is 0 Å². The van der Waals surface area contributed by atoms with Crippen molar-refractivity contribution in [2.24, 2.45) is 17.6 Å². The molecule has 1 aliphatic rings. The van der Waals surface area contributed by atoms with Gasteiger partial charge in [-0.15, -0.1) is 0 Å². The monoisotopic (exact) mass is 165 g/mol. The van der Waals surface area contributed by atoms with Gasteiger partial charge in [-0.2, -0.15) is 0 Å². The van der Waals surface area contributed by atoms with E-state index in [2.05, 4.69) is 13.8 Å². The van der Waals surface area contributed by atoms with Crippen LogP contribution in [0.2, 0.25) is 0 Å². The van der Waals surface area contributed by atoms with E-state index in [0.29, 0.717) is 11.8 Å². The van der Waals surface area contributed by atoms with E-state index in [1.165, 1.54) is 0 Å². The fourth-order valence-corrected chi connectivity index (χ4v) is 1.96. The zero-order chi connectivity index (χ0) is 8.77. The van der Waals surface area contributed by atoms with Gasteiger partial charge in [-0.1, -0.05) is 13.8 Å². The van der Waals surface area contributed by atoms with Crippen molar-refractivity contribution in [2.75, 3.05) is 0 Å². The highest BCUT2D eigenvalue weighted by atomic mass is 16.3. The molecular formula is C10H15NO. The van der Waals surface area contributed by atoms with Crippen molar-refractivity contribution in [1.82, 2.24) is 0 Å². The first-order valence-corrected chi connectivity index (χ1v) is 4.47. The van der Waals surface area contributed by atoms with Gasteiger partial charge in [-0.05, 0) is 30.4 Å². The van der Waals surface area contributed by atoms with Gasteiger partial charge in [-0.3, -0.25) is 0 Å². The zero-order valence-corrected chi connectivity index (χ0v) is 7.58. The van der Waals surface area contributed by atoms with E-state index in [9.17, 15) is 0 Å². The number of furan rings is 1. The van der Waals surface area contributed by atoms with Crippen molar-refractivity contribution in [1.29, 1.82) is 0 Å². The Balaban J connectivity index is 2.17. The lowest BCUT2D eigenvalue weighted by Gasteiger charge is -2.09. The van der Waals surface area contributed by atoms with E-state index in [-0.39, 0.29) is 5.54 Å². The van der Waals surface area contributed by atoms with Crippen LogP contribution in [0.1, 0.15) is 26.0 Å². The van der Waals surface area contributed by atoms with Crippen molar-refractivity contribution in [3.8, 4) is 0 Å². The van der Waals surface area contributed by atoms with Crippen LogP contribution in [-0.2, 0) is 5.54 Å². The summed E-state index contributed by atoms with van der Waals surface area (Å²) in [7, 11) is 0. The minimum atomic E-state index is -0.155. The molecule has 1 aliphatic carbocycles. The van der Waals surface area contributed by atoms with E-state index in [4.69, 9.17) is 10.2 Å². The van der Waals surface area contributed by atoms with Crippen molar-refractivity contribution in [3.05, 3.63) is 24.2 Å². The molecule has 1 saturated carbocycles. The third-order valence-corrected chi connectivity index (χ3v) is 2.84. The maximum Gasteiger partial charge on any atom is 0.123 e. The number of nitrogens with two attached hydrogens (primary N) is 1. The molecule has 1 fully saturated rings. The lowest BCUT2D eigenvalue weighted by Crippen LogP contribution is -2.23. The lowest BCUT2D eigenvalue weighted by atomic mass is 10.0. The average Bonchev–Trinajstić information content (AvgIpc) is 2.52. The topological polar surface area (TPSA) is 39.2 Å². The second-order valence-electron chi connectivity index (χ2n) is 4.07. The van der Waals surface area contributed by atoms with Crippen molar-refractivity contribution in [2.45, 2.75) is 25.8 Å². The second kappa shape index (κ2) is 2.36. The summed E-state index contributed by atoms with van der Waals surface area (Å²) in [6, 6.07) is 3.88. The molecule has 12 heavy (non-hydrogen) atoms. The molecule has 2 nitrogen and oxygen atoms in total. The fraction of sp³-hybridized carbons (Fsp3) is 0.600. The van der Waals surface area contributed by atoms with Gasteiger partial charge in [-0.25, -0.2) is 0 Å². The zero-order valence-electron chi connectivity index (χ0n) is 7.58. The standard InChI is InChI=1S/C10H15NO/c1-7(2)8-6-10(8,11)9-4-3-5-12-9/h3-5,7-8H,6,11H2,1-2H3. The Kier molecular flexibility index (Phi) is 1.55. The molecule has 0 aliphatic heterocycles. The predicted octanol–water partition coefficient (Wildman–Crippen LogP) is 2.11. The molecule has 0 amide bonds. The molecule has 1 aromatic heterocycles. The van der Waals surface area contributed by atoms with Crippen LogP contribution in [0.15, 0.2) is 22.8 Å². The van der Waals surface area contributed by atoms with Gasteiger partial charge < -0.3 is 10.2 Å². The van der Waals surface area contributed by atoms with Crippen molar-refractivity contribution >= 4 is 0 Å². The molecule has 2 N–H and O–H groups in total. The van der Waals surface area contributed by atoms with E-state index in [1.54, 1.807) is 6.26 Å². The molecule has 2 rings (SSSR count). The van der Waals surface area contributed by atoms with Crippen LogP contribution in [0, 0.1) is 11.8 Å². The van der Waals surface area contributed by atoms with Gasteiger partial charge in [0.1, 0.15) is 5.76 Å². The maximum absolute atomic E-state index is 6.16. The number of hydrogen-bond donors (Lipinski definition) is 1. The highest BCUT2D eigenvalue weighted by Crippen LogP contribution is 2.53. The Morgan fingerprint density at radius 2 is 2.42 bits per heavy atom. The van der Waals surface area contributed by atoms with Gasteiger partial charge in [0.25, 0.3) is 0 Å². The van der Waals surface area contributed by atoms with Crippen LogP contribution in [0.25, 0.3) is 0 Å². The first-order valence-electron chi connectivity index (χ1n) is 4.47. The summed E-state index contributed by atoms with van der Waals surface area (Å²) in [6.45, 7) is 4.42. The molecule has 0 saturated heterocycles. The first-order chi connectivity index (χ1) is 5.64. The normalized spacial score (nSPS) is 34.2. The maximum atomic E-state index is 6.16. The number of hydrogen-bond acceptors (Lipinski definition) is 2. The lowest BCUT2D eigenvalue weighted by molar-refractivity contribution is 0.404. The van der Waals surface area contributed by atoms with Crippen LogP contribution in [0.4, 0.5) is 0 Å². The minimum Gasteiger partial charge on any atom is -0.467 e. The SMILES string of the molecule is CC(C)C1CC1(N)c1ccco1. The first kappa shape index (κ1) is 7.87. The Hall–Kier alpha value is -0.760. The quantitative estimate of drug-likeness (QED) is 0.729. The largest absolute Gasteiger partial charge is 0.467 e. The van der Waals surface area contributed by atoms with Gasteiger partial charge in [0.15, 0.2) is 0 Å². The Morgan fingerprint density at radius 1 is 1.67 bits per heavy atom. The summed E-state index contributed by atoms with van der Waals surface area (Å²) in [4.78, 5) is 0. The molecule has 2 heteroatoms. The number of rotatable bonds is 2. The van der Waals surface area contributed by atoms with Crippen LogP contribution in [0.5, 0.6) is 0 Å². The van der Waals surface area contributed by atoms with Gasteiger partial charge >= 0.3 is 0 Å². The third kappa shape index (κ3) is 0.985. The van der Waals surface area contributed by atoms with E-state index < -0.39 is 0 Å². The van der Waals surface area contributed by atoms with Crippen molar-refractivity contribution in [3.63, 3.8) is 0 Å². The minimum absolute atomic E-state index is 0.155. The van der Waals surface area contributed by atoms with Crippen LogP contribution < -0.4 is 5.73 Å².